The maximum absolute atomic E-state index is 8.71. The molecule has 1 aromatic carbocycles. The highest BCUT2D eigenvalue weighted by molar-refractivity contribution is 5.80. The van der Waals surface area contributed by atoms with Gasteiger partial charge in [-0.15, -0.1) is 0 Å². The largest absolute Gasteiger partial charge is 0.251 e. The lowest BCUT2D eigenvalue weighted by Crippen LogP contribution is -1.94. The van der Waals surface area contributed by atoms with Crippen molar-refractivity contribution >= 4 is 10.9 Å². The maximum Gasteiger partial charge on any atom is 0.0777 e. The number of aryl methyl sites for hydroxylation is 2. The van der Waals surface area contributed by atoms with Crippen LogP contribution in [-0.4, -0.2) is 4.98 Å². The normalized spacial score (nSPS) is 10.3. The molecular formula is C14H14N2. The zero-order valence-electron chi connectivity index (χ0n) is 9.62. The summed E-state index contributed by atoms with van der Waals surface area (Å²) in [7, 11) is 0. The standard InChI is InChI=1S/C14H14N2/c1-3-11-4-5-14-12(9-11)8-10(2)13(16-14)6-7-15/h4-5,8-9H,3,6H2,1-2H3. The van der Waals surface area contributed by atoms with Crippen molar-refractivity contribution in [2.75, 3.05) is 0 Å². The lowest BCUT2D eigenvalue weighted by Gasteiger charge is -2.05. The Morgan fingerprint density at radius 2 is 2.12 bits per heavy atom. The maximum atomic E-state index is 8.71. The van der Waals surface area contributed by atoms with Crippen molar-refractivity contribution in [1.29, 1.82) is 5.26 Å². The van der Waals surface area contributed by atoms with Gasteiger partial charge in [0, 0.05) is 5.39 Å². The second kappa shape index (κ2) is 4.32. The molecule has 80 valence electrons. The van der Waals surface area contributed by atoms with Gasteiger partial charge in [-0.25, -0.2) is 0 Å². The minimum atomic E-state index is 0.386. The highest BCUT2D eigenvalue weighted by Gasteiger charge is 2.03. The molecule has 0 bridgehead atoms. The first-order valence-electron chi connectivity index (χ1n) is 5.50. The fourth-order valence-corrected chi connectivity index (χ4v) is 1.85. The molecule has 2 rings (SSSR count). The van der Waals surface area contributed by atoms with Crippen LogP contribution in [-0.2, 0) is 12.8 Å². The monoisotopic (exact) mass is 210 g/mol. The number of benzene rings is 1. The molecule has 0 spiro atoms. The Morgan fingerprint density at radius 3 is 2.81 bits per heavy atom. The first-order valence-corrected chi connectivity index (χ1v) is 5.50. The van der Waals surface area contributed by atoms with Gasteiger partial charge >= 0.3 is 0 Å². The Kier molecular flexibility index (Phi) is 2.87. The van der Waals surface area contributed by atoms with Gasteiger partial charge in [0.25, 0.3) is 0 Å². The number of hydrogen-bond donors (Lipinski definition) is 0. The van der Waals surface area contributed by atoms with Crippen molar-refractivity contribution in [3.63, 3.8) is 0 Å². The van der Waals surface area contributed by atoms with Crippen molar-refractivity contribution < 1.29 is 0 Å². The van der Waals surface area contributed by atoms with E-state index in [9.17, 15) is 0 Å². The van der Waals surface area contributed by atoms with Crippen LogP contribution in [0.25, 0.3) is 10.9 Å². The molecular weight excluding hydrogens is 196 g/mol. The van der Waals surface area contributed by atoms with Crippen molar-refractivity contribution in [1.82, 2.24) is 4.98 Å². The van der Waals surface area contributed by atoms with Crippen LogP contribution in [0, 0.1) is 18.3 Å². The molecule has 0 radical (unpaired) electrons. The van der Waals surface area contributed by atoms with E-state index in [1.165, 1.54) is 10.9 Å². The third kappa shape index (κ3) is 1.90. The van der Waals surface area contributed by atoms with Crippen LogP contribution in [0.2, 0.25) is 0 Å². The molecule has 2 heteroatoms. The fourth-order valence-electron chi connectivity index (χ4n) is 1.85. The summed E-state index contributed by atoms with van der Waals surface area (Å²) in [6.07, 6.45) is 1.42. The van der Waals surface area contributed by atoms with E-state index in [2.05, 4.69) is 36.2 Å². The number of pyridine rings is 1. The molecule has 2 aromatic rings. The zero-order valence-corrected chi connectivity index (χ0v) is 9.62. The number of hydrogen-bond acceptors (Lipinski definition) is 2. The summed E-state index contributed by atoms with van der Waals surface area (Å²) in [5, 5.41) is 9.87. The lowest BCUT2D eigenvalue weighted by atomic mass is 10.1. The molecule has 1 aromatic heterocycles. The molecule has 0 N–H and O–H groups in total. The van der Waals surface area contributed by atoms with E-state index < -0.39 is 0 Å². The summed E-state index contributed by atoms with van der Waals surface area (Å²) in [6, 6.07) is 10.6. The van der Waals surface area contributed by atoms with Crippen LogP contribution in [0.5, 0.6) is 0 Å². The Morgan fingerprint density at radius 1 is 1.31 bits per heavy atom. The first-order chi connectivity index (χ1) is 7.74. The van der Waals surface area contributed by atoms with E-state index in [0.29, 0.717) is 6.42 Å². The van der Waals surface area contributed by atoms with Gasteiger partial charge in [-0.2, -0.15) is 5.26 Å². The van der Waals surface area contributed by atoms with E-state index in [1.54, 1.807) is 0 Å². The molecule has 0 amide bonds. The van der Waals surface area contributed by atoms with Crippen LogP contribution in [0.1, 0.15) is 23.7 Å². The highest BCUT2D eigenvalue weighted by atomic mass is 14.7. The second-order valence-corrected chi connectivity index (χ2v) is 3.97. The molecule has 0 fully saturated rings. The molecule has 0 saturated heterocycles. The topological polar surface area (TPSA) is 36.7 Å². The second-order valence-electron chi connectivity index (χ2n) is 3.97. The molecule has 0 atom stereocenters. The average molecular weight is 210 g/mol. The van der Waals surface area contributed by atoms with Crippen molar-refractivity contribution in [3.05, 3.63) is 41.1 Å². The van der Waals surface area contributed by atoms with Gasteiger partial charge in [-0.1, -0.05) is 13.0 Å². The van der Waals surface area contributed by atoms with Crippen LogP contribution in [0.3, 0.4) is 0 Å². The summed E-state index contributed by atoms with van der Waals surface area (Å²) in [4.78, 5) is 4.52. The third-order valence-corrected chi connectivity index (χ3v) is 2.83. The lowest BCUT2D eigenvalue weighted by molar-refractivity contribution is 1.10. The van der Waals surface area contributed by atoms with Gasteiger partial charge in [0.2, 0.25) is 0 Å². The molecule has 0 aliphatic heterocycles. The minimum Gasteiger partial charge on any atom is -0.251 e. The Labute approximate surface area is 95.6 Å². The summed E-state index contributed by atoms with van der Waals surface area (Å²) in [6.45, 7) is 4.16. The highest BCUT2D eigenvalue weighted by Crippen LogP contribution is 2.18. The van der Waals surface area contributed by atoms with Crippen molar-refractivity contribution in [3.8, 4) is 6.07 Å². The van der Waals surface area contributed by atoms with Gasteiger partial charge in [-0.05, 0) is 42.7 Å². The predicted molar refractivity (Wildman–Crippen MR) is 65.2 cm³/mol. The number of rotatable bonds is 2. The predicted octanol–water partition coefficient (Wildman–Crippen LogP) is 3.17. The number of nitrogens with zero attached hydrogens (tertiary/aromatic N) is 2. The van der Waals surface area contributed by atoms with Crippen molar-refractivity contribution in [2.24, 2.45) is 0 Å². The Bertz CT molecular complexity index is 565. The quantitative estimate of drug-likeness (QED) is 0.763. The Hall–Kier alpha value is -1.88. The molecule has 0 aliphatic carbocycles. The Balaban J connectivity index is 2.60. The summed E-state index contributed by atoms with van der Waals surface area (Å²) < 4.78 is 0. The smallest absolute Gasteiger partial charge is 0.0777 e. The SMILES string of the molecule is CCc1ccc2nc(CC#N)c(C)cc2c1. The van der Waals surface area contributed by atoms with Crippen molar-refractivity contribution in [2.45, 2.75) is 26.7 Å². The summed E-state index contributed by atoms with van der Waals surface area (Å²) >= 11 is 0. The zero-order chi connectivity index (χ0) is 11.5. The number of aromatic nitrogens is 1. The van der Waals surface area contributed by atoms with Crippen LogP contribution >= 0.6 is 0 Å². The minimum absolute atomic E-state index is 0.386. The first kappa shape index (κ1) is 10.6. The van der Waals surface area contributed by atoms with Gasteiger partial charge in [0.1, 0.15) is 0 Å². The van der Waals surface area contributed by atoms with E-state index in [4.69, 9.17) is 5.26 Å². The van der Waals surface area contributed by atoms with Gasteiger partial charge < -0.3 is 0 Å². The van der Waals surface area contributed by atoms with E-state index >= 15 is 0 Å². The molecule has 16 heavy (non-hydrogen) atoms. The average Bonchev–Trinajstić information content (AvgIpc) is 2.30. The van der Waals surface area contributed by atoms with E-state index in [1.807, 2.05) is 13.0 Å². The molecule has 0 unspecified atom stereocenters. The summed E-state index contributed by atoms with van der Waals surface area (Å²) in [5.41, 5.74) is 4.29. The van der Waals surface area contributed by atoms with Gasteiger partial charge in [0.15, 0.2) is 0 Å². The number of fused-ring (bicyclic) bond motifs is 1. The van der Waals surface area contributed by atoms with Crippen LogP contribution in [0.4, 0.5) is 0 Å². The summed E-state index contributed by atoms with van der Waals surface area (Å²) in [5.74, 6) is 0. The van der Waals surface area contributed by atoms with E-state index in [0.717, 1.165) is 23.2 Å². The molecule has 0 aliphatic rings. The molecule has 0 saturated carbocycles. The van der Waals surface area contributed by atoms with Crippen LogP contribution < -0.4 is 0 Å². The van der Waals surface area contributed by atoms with Gasteiger partial charge in [-0.3, -0.25) is 4.98 Å². The third-order valence-electron chi connectivity index (χ3n) is 2.83. The van der Waals surface area contributed by atoms with E-state index in [-0.39, 0.29) is 0 Å². The number of nitriles is 1. The molecule has 1 heterocycles. The molecule has 2 nitrogen and oxygen atoms in total. The van der Waals surface area contributed by atoms with Gasteiger partial charge in [0.05, 0.1) is 23.7 Å². The van der Waals surface area contributed by atoms with Crippen LogP contribution in [0.15, 0.2) is 24.3 Å². The fraction of sp³-hybridized carbons (Fsp3) is 0.286.